The van der Waals surface area contributed by atoms with Gasteiger partial charge in [0.1, 0.15) is 5.75 Å². The lowest BCUT2D eigenvalue weighted by Crippen LogP contribution is -2.08. The average molecular weight is 304 g/mol. The highest BCUT2D eigenvalue weighted by molar-refractivity contribution is 6.32. The summed E-state index contributed by atoms with van der Waals surface area (Å²) in [4.78, 5) is 0. The van der Waals surface area contributed by atoms with Crippen molar-refractivity contribution in [2.45, 2.75) is 25.8 Å². The van der Waals surface area contributed by atoms with Crippen LogP contribution >= 0.6 is 11.6 Å². The van der Waals surface area contributed by atoms with Gasteiger partial charge in [-0.1, -0.05) is 54.1 Å². The molecule has 2 aromatic rings. The van der Waals surface area contributed by atoms with Crippen molar-refractivity contribution in [3.63, 3.8) is 0 Å². The first kappa shape index (κ1) is 15.9. The van der Waals surface area contributed by atoms with Crippen LogP contribution < -0.4 is 10.1 Å². The molecule has 0 unspecified atom stereocenters. The topological polar surface area (TPSA) is 21.3 Å². The number of hydrogen-bond donors (Lipinski definition) is 1. The molecule has 2 nitrogen and oxygen atoms in total. The molecule has 0 bridgehead atoms. The Kier molecular flexibility index (Phi) is 6.58. The van der Waals surface area contributed by atoms with Crippen LogP contribution in [0.5, 0.6) is 5.75 Å². The maximum absolute atomic E-state index is 6.22. The average Bonchev–Trinajstić information content (AvgIpc) is 2.51. The molecule has 0 aliphatic rings. The van der Waals surface area contributed by atoms with Gasteiger partial charge in [-0.3, -0.25) is 0 Å². The standard InChI is InChI=1S/C18H22ClNO/c1-20-14-16-11-7-12-17(19)18(16)21-13-6-5-10-15-8-3-2-4-9-15/h2-4,7-9,11-12,20H,5-6,10,13-14H2,1H3. The third kappa shape index (κ3) is 5.07. The summed E-state index contributed by atoms with van der Waals surface area (Å²) in [5.41, 5.74) is 2.49. The van der Waals surface area contributed by atoms with E-state index in [-0.39, 0.29) is 0 Å². The van der Waals surface area contributed by atoms with E-state index in [2.05, 4.69) is 29.6 Å². The summed E-state index contributed by atoms with van der Waals surface area (Å²) < 4.78 is 5.89. The molecule has 3 heteroatoms. The number of unbranched alkanes of at least 4 members (excludes halogenated alkanes) is 1. The van der Waals surface area contributed by atoms with Gasteiger partial charge < -0.3 is 10.1 Å². The van der Waals surface area contributed by atoms with Crippen LogP contribution in [0.2, 0.25) is 5.02 Å². The first-order valence-electron chi connectivity index (χ1n) is 7.40. The molecular formula is C18H22ClNO. The van der Waals surface area contributed by atoms with E-state index in [1.165, 1.54) is 5.56 Å². The summed E-state index contributed by atoms with van der Waals surface area (Å²) >= 11 is 6.22. The summed E-state index contributed by atoms with van der Waals surface area (Å²) in [7, 11) is 1.92. The van der Waals surface area contributed by atoms with Gasteiger partial charge in [0, 0.05) is 12.1 Å². The van der Waals surface area contributed by atoms with Gasteiger partial charge in [0.25, 0.3) is 0 Å². The highest BCUT2D eigenvalue weighted by atomic mass is 35.5. The van der Waals surface area contributed by atoms with Crippen molar-refractivity contribution < 1.29 is 4.74 Å². The van der Waals surface area contributed by atoms with Crippen molar-refractivity contribution in [2.75, 3.05) is 13.7 Å². The molecule has 0 fully saturated rings. The normalized spacial score (nSPS) is 10.6. The van der Waals surface area contributed by atoms with Crippen LogP contribution in [0, 0.1) is 0 Å². The van der Waals surface area contributed by atoms with Crippen molar-refractivity contribution in [1.29, 1.82) is 0 Å². The number of aryl methyl sites for hydroxylation is 1. The number of hydrogen-bond acceptors (Lipinski definition) is 2. The Morgan fingerprint density at radius 2 is 1.81 bits per heavy atom. The number of para-hydroxylation sites is 1. The Labute approximate surface area is 132 Å². The largest absolute Gasteiger partial charge is 0.492 e. The van der Waals surface area contributed by atoms with Crippen LogP contribution in [0.4, 0.5) is 0 Å². The molecule has 0 aromatic heterocycles. The third-order valence-corrected chi connectivity index (χ3v) is 3.66. The molecule has 2 aromatic carbocycles. The summed E-state index contributed by atoms with van der Waals surface area (Å²) in [5.74, 6) is 0.813. The van der Waals surface area contributed by atoms with Gasteiger partial charge >= 0.3 is 0 Å². The van der Waals surface area contributed by atoms with Gasteiger partial charge in [-0.15, -0.1) is 0 Å². The molecule has 0 heterocycles. The molecule has 0 saturated heterocycles. The predicted octanol–water partition coefficient (Wildman–Crippen LogP) is 4.46. The Morgan fingerprint density at radius 1 is 1.00 bits per heavy atom. The lowest BCUT2D eigenvalue weighted by atomic mass is 10.1. The number of rotatable bonds is 8. The minimum Gasteiger partial charge on any atom is -0.492 e. The zero-order valence-electron chi connectivity index (χ0n) is 12.4. The van der Waals surface area contributed by atoms with Crippen LogP contribution in [-0.4, -0.2) is 13.7 Å². The van der Waals surface area contributed by atoms with Gasteiger partial charge in [0.05, 0.1) is 11.6 Å². The SMILES string of the molecule is CNCc1cccc(Cl)c1OCCCCc1ccccc1. The van der Waals surface area contributed by atoms with Crippen LogP contribution in [0.1, 0.15) is 24.0 Å². The second kappa shape index (κ2) is 8.71. The maximum atomic E-state index is 6.22. The molecule has 0 atom stereocenters. The van der Waals surface area contributed by atoms with E-state index in [0.29, 0.717) is 11.6 Å². The van der Waals surface area contributed by atoms with E-state index in [1.807, 2.05) is 31.3 Å². The Bertz CT molecular complexity index is 542. The van der Waals surface area contributed by atoms with E-state index in [9.17, 15) is 0 Å². The zero-order chi connectivity index (χ0) is 14.9. The number of benzene rings is 2. The van der Waals surface area contributed by atoms with Crippen molar-refractivity contribution in [3.8, 4) is 5.75 Å². The fourth-order valence-corrected chi connectivity index (χ4v) is 2.54. The van der Waals surface area contributed by atoms with Crippen molar-refractivity contribution in [2.24, 2.45) is 0 Å². The third-order valence-electron chi connectivity index (χ3n) is 3.36. The highest BCUT2D eigenvalue weighted by Gasteiger charge is 2.07. The molecule has 2 rings (SSSR count). The molecule has 0 radical (unpaired) electrons. The molecule has 1 N–H and O–H groups in total. The van der Waals surface area contributed by atoms with Gasteiger partial charge in [-0.05, 0) is 37.9 Å². The maximum Gasteiger partial charge on any atom is 0.142 e. The van der Waals surface area contributed by atoms with E-state index in [0.717, 1.165) is 37.1 Å². The molecule has 0 spiro atoms. The van der Waals surface area contributed by atoms with Crippen LogP contribution in [0.3, 0.4) is 0 Å². The molecule has 0 saturated carbocycles. The fraction of sp³-hybridized carbons (Fsp3) is 0.333. The molecule has 0 amide bonds. The minimum absolute atomic E-state index is 0.686. The Hall–Kier alpha value is -1.51. The first-order valence-corrected chi connectivity index (χ1v) is 7.78. The van der Waals surface area contributed by atoms with Crippen molar-refractivity contribution in [1.82, 2.24) is 5.32 Å². The van der Waals surface area contributed by atoms with Crippen LogP contribution in [0.25, 0.3) is 0 Å². The monoisotopic (exact) mass is 303 g/mol. The molecular weight excluding hydrogens is 282 g/mol. The zero-order valence-corrected chi connectivity index (χ0v) is 13.2. The van der Waals surface area contributed by atoms with Crippen molar-refractivity contribution >= 4 is 11.6 Å². The van der Waals surface area contributed by atoms with E-state index in [1.54, 1.807) is 0 Å². The van der Waals surface area contributed by atoms with E-state index in [4.69, 9.17) is 16.3 Å². The smallest absolute Gasteiger partial charge is 0.142 e. The summed E-state index contributed by atoms with van der Waals surface area (Å²) in [5, 5.41) is 3.82. The van der Waals surface area contributed by atoms with Gasteiger partial charge in [0.15, 0.2) is 0 Å². The Morgan fingerprint density at radius 3 is 2.57 bits per heavy atom. The predicted molar refractivity (Wildman–Crippen MR) is 89.1 cm³/mol. The molecule has 0 aliphatic carbocycles. The Balaban J connectivity index is 1.78. The second-order valence-electron chi connectivity index (χ2n) is 5.05. The van der Waals surface area contributed by atoms with E-state index < -0.39 is 0 Å². The van der Waals surface area contributed by atoms with Crippen LogP contribution in [-0.2, 0) is 13.0 Å². The summed E-state index contributed by atoms with van der Waals surface area (Å²) in [6.45, 7) is 1.47. The number of halogens is 1. The minimum atomic E-state index is 0.686. The second-order valence-corrected chi connectivity index (χ2v) is 5.46. The lowest BCUT2D eigenvalue weighted by Gasteiger charge is -2.13. The van der Waals surface area contributed by atoms with Gasteiger partial charge in [0.2, 0.25) is 0 Å². The number of ether oxygens (including phenoxy) is 1. The molecule has 21 heavy (non-hydrogen) atoms. The highest BCUT2D eigenvalue weighted by Crippen LogP contribution is 2.28. The van der Waals surface area contributed by atoms with E-state index >= 15 is 0 Å². The molecule has 112 valence electrons. The first-order chi connectivity index (χ1) is 10.3. The summed E-state index contributed by atoms with van der Waals surface area (Å²) in [6.07, 6.45) is 3.24. The quantitative estimate of drug-likeness (QED) is 0.727. The molecule has 0 aliphatic heterocycles. The summed E-state index contributed by atoms with van der Waals surface area (Å²) in [6, 6.07) is 16.4. The van der Waals surface area contributed by atoms with Crippen molar-refractivity contribution in [3.05, 3.63) is 64.7 Å². The fourth-order valence-electron chi connectivity index (χ4n) is 2.29. The number of nitrogens with one attached hydrogen (secondary N) is 1. The van der Waals surface area contributed by atoms with Gasteiger partial charge in [-0.2, -0.15) is 0 Å². The van der Waals surface area contributed by atoms with Gasteiger partial charge in [-0.25, -0.2) is 0 Å². The van der Waals surface area contributed by atoms with Crippen LogP contribution in [0.15, 0.2) is 48.5 Å². The lowest BCUT2D eigenvalue weighted by molar-refractivity contribution is 0.303.